The van der Waals surface area contributed by atoms with Crippen molar-refractivity contribution in [2.75, 3.05) is 6.61 Å². The van der Waals surface area contributed by atoms with Crippen molar-refractivity contribution < 1.29 is 4.74 Å². The van der Waals surface area contributed by atoms with Gasteiger partial charge in [0.1, 0.15) is 0 Å². The number of hydrogen-bond donors (Lipinski definition) is 2. The maximum atomic E-state index is 4.84. The third-order valence-electron chi connectivity index (χ3n) is 0.393. The molecule has 0 spiro atoms. The van der Waals surface area contributed by atoms with Crippen molar-refractivity contribution in [2.45, 2.75) is 6.92 Å². The van der Waals surface area contributed by atoms with E-state index in [1.165, 1.54) is 0 Å². The van der Waals surface area contributed by atoms with Crippen molar-refractivity contribution in [1.82, 2.24) is 5.43 Å². The summed E-state index contributed by atoms with van der Waals surface area (Å²) in [7, 11) is 0. The molecule has 0 aromatic rings. The Morgan fingerprint density at radius 3 is 2.71 bits per heavy atom. The van der Waals surface area contributed by atoms with Crippen molar-refractivity contribution in [3.05, 3.63) is 0 Å². The van der Waals surface area contributed by atoms with Gasteiger partial charge in [0.15, 0.2) is 0 Å². The van der Waals surface area contributed by atoms with E-state index in [1.807, 2.05) is 6.92 Å². The summed E-state index contributed by atoms with van der Waals surface area (Å²) in [4.78, 5) is 0. The van der Waals surface area contributed by atoms with E-state index in [9.17, 15) is 0 Å². The van der Waals surface area contributed by atoms with Gasteiger partial charge in [-0.3, -0.25) is 5.43 Å². The largest absolute Gasteiger partial charge is 0.470 e. The average Bonchev–Trinajstić information content (AvgIpc) is 1.68. The molecule has 0 saturated carbocycles. The van der Waals surface area contributed by atoms with Crippen LogP contribution in [0, 0.1) is 0 Å². The number of thiocarbonyl (C=S) groups is 1. The van der Waals surface area contributed by atoms with Gasteiger partial charge in [-0.15, -0.1) is 0 Å². The molecule has 0 aromatic heterocycles. The Hall–Kier alpha value is -0.350. The second-order valence-corrected chi connectivity index (χ2v) is 1.24. The van der Waals surface area contributed by atoms with Crippen LogP contribution in [0.5, 0.6) is 0 Å². The number of hydrazine groups is 1. The maximum Gasteiger partial charge on any atom is 0.271 e. The maximum absolute atomic E-state index is 4.84. The van der Waals surface area contributed by atoms with E-state index < -0.39 is 0 Å². The topological polar surface area (TPSA) is 47.3 Å². The molecule has 0 fully saturated rings. The molecule has 0 radical (unpaired) electrons. The summed E-state index contributed by atoms with van der Waals surface area (Å²) in [5.41, 5.74) is 2.18. The first-order valence-electron chi connectivity index (χ1n) is 1.94. The van der Waals surface area contributed by atoms with E-state index in [-0.39, 0.29) is 5.17 Å². The highest BCUT2D eigenvalue weighted by Crippen LogP contribution is 1.71. The Kier molecular flexibility index (Phi) is 3.64. The van der Waals surface area contributed by atoms with Crippen LogP contribution in [-0.2, 0) is 4.74 Å². The Morgan fingerprint density at radius 1 is 2.00 bits per heavy atom. The predicted octanol–water partition coefficient (Wildman–Crippen LogP) is -0.229. The zero-order valence-corrected chi connectivity index (χ0v) is 4.92. The van der Waals surface area contributed by atoms with Gasteiger partial charge in [-0.05, 0) is 19.1 Å². The molecule has 0 aliphatic rings. The van der Waals surface area contributed by atoms with E-state index in [0.29, 0.717) is 6.61 Å². The van der Waals surface area contributed by atoms with Gasteiger partial charge in [-0.1, -0.05) is 0 Å². The Balaban J connectivity index is 3.00. The number of nitrogens with two attached hydrogens (primary N) is 1. The first-order valence-corrected chi connectivity index (χ1v) is 2.35. The molecular formula is C3H8N2OS. The molecule has 0 atom stereocenters. The first-order chi connectivity index (χ1) is 3.31. The molecule has 0 aromatic carbocycles. The predicted molar refractivity (Wildman–Crippen MR) is 31.5 cm³/mol. The third-order valence-corrected chi connectivity index (χ3v) is 0.629. The van der Waals surface area contributed by atoms with Crippen LogP contribution < -0.4 is 11.3 Å². The van der Waals surface area contributed by atoms with E-state index in [2.05, 4.69) is 22.4 Å². The van der Waals surface area contributed by atoms with Crippen LogP contribution in [0.4, 0.5) is 0 Å². The molecule has 0 rings (SSSR count). The van der Waals surface area contributed by atoms with E-state index in [1.54, 1.807) is 0 Å². The molecule has 0 heterocycles. The van der Waals surface area contributed by atoms with Crippen molar-refractivity contribution in [3.8, 4) is 0 Å². The standard InChI is InChI=1S/C3H8N2OS/c1-2-6-3(7)5-4/h2,4H2,1H3,(H,5,7). The Morgan fingerprint density at radius 2 is 2.57 bits per heavy atom. The van der Waals surface area contributed by atoms with Gasteiger partial charge in [0, 0.05) is 0 Å². The SMILES string of the molecule is CCOC(=S)NN. The summed E-state index contributed by atoms with van der Waals surface area (Å²) in [5.74, 6) is 4.84. The van der Waals surface area contributed by atoms with Crippen LogP contribution in [0.15, 0.2) is 0 Å². The van der Waals surface area contributed by atoms with Crippen LogP contribution in [0.1, 0.15) is 6.92 Å². The lowest BCUT2D eigenvalue weighted by Crippen LogP contribution is -2.30. The molecule has 0 amide bonds. The summed E-state index contributed by atoms with van der Waals surface area (Å²) >= 11 is 4.50. The monoisotopic (exact) mass is 120 g/mol. The van der Waals surface area contributed by atoms with Gasteiger partial charge in [-0.25, -0.2) is 5.84 Å². The van der Waals surface area contributed by atoms with E-state index >= 15 is 0 Å². The summed E-state index contributed by atoms with van der Waals surface area (Å²) < 4.78 is 4.69. The first kappa shape index (κ1) is 6.65. The minimum atomic E-state index is 0.238. The zero-order chi connectivity index (χ0) is 5.70. The Bertz CT molecular complexity index is 66.0. The Labute approximate surface area is 47.8 Å². The summed E-state index contributed by atoms with van der Waals surface area (Å²) in [6.45, 7) is 2.40. The lowest BCUT2D eigenvalue weighted by Gasteiger charge is -1.99. The average molecular weight is 120 g/mol. The van der Waals surface area contributed by atoms with Crippen molar-refractivity contribution >= 4 is 17.4 Å². The molecule has 0 aliphatic carbocycles. The van der Waals surface area contributed by atoms with Crippen LogP contribution >= 0.6 is 12.2 Å². The molecule has 7 heavy (non-hydrogen) atoms. The third kappa shape index (κ3) is 3.48. The van der Waals surface area contributed by atoms with Gasteiger partial charge >= 0.3 is 0 Å². The fraction of sp³-hybridized carbons (Fsp3) is 0.667. The zero-order valence-electron chi connectivity index (χ0n) is 4.10. The normalized spacial score (nSPS) is 7.71. The van der Waals surface area contributed by atoms with Crippen molar-refractivity contribution in [1.29, 1.82) is 0 Å². The quantitative estimate of drug-likeness (QED) is 0.285. The summed E-state index contributed by atoms with van der Waals surface area (Å²) in [6.07, 6.45) is 0. The van der Waals surface area contributed by atoms with Crippen LogP contribution in [0.25, 0.3) is 0 Å². The molecule has 3 nitrogen and oxygen atoms in total. The second kappa shape index (κ2) is 3.83. The lowest BCUT2D eigenvalue weighted by molar-refractivity contribution is 0.321. The second-order valence-electron chi connectivity index (χ2n) is 0.865. The lowest BCUT2D eigenvalue weighted by atomic mass is 10.9. The van der Waals surface area contributed by atoms with Crippen LogP contribution in [0.2, 0.25) is 0 Å². The van der Waals surface area contributed by atoms with E-state index in [0.717, 1.165) is 0 Å². The van der Waals surface area contributed by atoms with Crippen molar-refractivity contribution in [3.63, 3.8) is 0 Å². The molecular weight excluding hydrogens is 112 g/mol. The van der Waals surface area contributed by atoms with E-state index in [4.69, 9.17) is 5.84 Å². The molecule has 42 valence electrons. The highest BCUT2D eigenvalue weighted by molar-refractivity contribution is 7.80. The highest BCUT2D eigenvalue weighted by Gasteiger charge is 1.83. The minimum absolute atomic E-state index is 0.238. The number of hydrogen-bond acceptors (Lipinski definition) is 3. The number of rotatable bonds is 1. The number of ether oxygens (including phenoxy) is 1. The molecule has 0 saturated heterocycles. The van der Waals surface area contributed by atoms with Crippen LogP contribution in [-0.4, -0.2) is 11.8 Å². The van der Waals surface area contributed by atoms with Gasteiger partial charge in [0.2, 0.25) is 0 Å². The fourth-order valence-corrected chi connectivity index (χ4v) is 0.291. The molecule has 0 bridgehead atoms. The molecule has 0 unspecified atom stereocenters. The smallest absolute Gasteiger partial charge is 0.271 e. The van der Waals surface area contributed by atoms with Crippen molar-refractivity contribution in [2.24, 2.45) is 5.84 Å². The highest BCUT2D eigenvalue weighted by atomic mass is 32.1. The van der Waals surface area contributed by atoms with Gasteiger partial charge in [0.25, 0.3) is 5.17 Å². The van der Waals surface area contributed by atoms with Gasteiger partial charge < -0.3 is 4.74 Å². The molecule has 4 heteroatoms. The summed E-state index contributed by atoms with van der Waals surface area (Å²) in [6, 6.07) is 0. The molecule has 0 aliphatic heterocycles. The molecule has 3 N–H and O–H groups in total. The van der Waals surface area contributed by atoms with Gasteiger partial charge in [0.05, 0.1) is 6.61 Å². The number of nitrogens with one attached hydrogen (secondary N) is 1. The summed E-state index contributed by atoms with van der Waals surface area (Å²) in [5, 5.41) is 0.238. The minimum Gasteiger partial charge on any atom is -0.470 e. The fourth-order valence-electron chi connectivity index (χ4n) is 0.173. The van der Waals surface area contributed by atoms with Crippen LogP contribution in [0.3, 0.4) is 0 Å². The van der Waals surface area contributed by atoms with Gasteiger partial charge in [-0.2, -0.15) is 0 Å².